The number of benzene rings is 3. The summed E-state index contributed by atoms with van der Waals surface area (Å²) in [7, 11) is 1.71. The molecule has 0 N–H and O–H groups in total. The maximum Gasteiger partial charge on any atom is 0.161 e. The Hall–Kier alpha value is -3.59. The molecule has 178 valence electrons. The van der Waals surface area contributed by atoms with E-state index >= 15 is 0 Å². The van der Waals surface area contributed by atoms with Gasteiger partial charge in [0.1, 0.15) is 0 Å². The molecule has 0 bridgehead atoms. The van der Waals surface area contributed by atoms with Gasteiger partial charge in [0.2, 0.25) is 0 Å². The van der Waals surface area contributed by atoms with Gasteiger partial charge in [-0.15, -0.1) is 0 Å². The minimum atomic E-state index is 0.161. The summed E-state index contributed by atoms with van der Waals surface area (Å²) in [5.41, 5.74) is 7.30. The van der Waals surface area contributed by atoms with E-state index in [0.717, 1.165) is 36.5 Å². The van der Waals surface area contributed by atoms with Crippen molar-refractivity contribution in [3.63, 3.8) is 0 Å². The van der Waals surface area contributed by atoms with Crippen LogP contribution in [0.15, 0.2) is 91.1 Å². The number of hydrogen-bond donors (Lipinski definition) is 0. The first-order valence-electron chi connectivity index (χ1n) is 12.6. The molecule has 1 aliphatic rings. The molecule has 3 nitrogen and oxygen atoms in total. The number of ether oxygens (including phenoxy) is 2. The van der Waals surface area contributed by atoms with Crippen molar-refractivity contribution < 1.29 is 9.47 Å². The van der Waals surface area contributed by atoms with E-state index < -0.39 is 0 Å². The van der Waals surface area contributed by atoms with Crippen molar-refractivity contribution in [1.29, 1.82) is 0 Å². The van der Waals surface area contributed by atoms with Crippen molar-refractivity contribution in [2.45, 2.75) is 51.0 Å². The fraction of sp³-hybridized carbons (Fsp3) is 0.281. The maximum absolute atomic E-state index is 6.42. The first-order chi connectivity index (χ1) is 17.2. The molecule has 1 saturated carbocycles. The summed E-state index contributed by atoms with van der Waals surface area (Å²) in [5, 5.41) is 0. The molecule has 1 fully saturated rings. The Morgan fingerprint density at radius 3 is 2.14 bits per heavy atom. The molecule has 4 aromatic rings. The Labute approximate surface area is 208 Å². The van der Waals surface area contributed by atoms with Crippen LogP contribution in [-0.4, -0.2) is 18.2 Å². The van der Waals surface area contributed by atoms with Gasteiger partial charge in [0, 0.05) is 24.2 Å². The third-order valence-electron chi connectivity index (χ3n) is 7.02. The van der Waals surface area contributed by atoms with E-state index in [-0.39, 0.29) is 12.0 Å². The zero-order valence-corrected chi connectivity index (χ0v) is 20.6. The number of nitrogens with zero attached hydrogens (tertiary/aromatic N) is 1. The Kier molecular flexibility index (Phi) is 7.13. The molecule has 0 aliphatic heterocycles. The summed E-state index contributed by atoms with van der Waals surface area (Å²) in [6.07, 6.45) is 7.68. The lowest BCUT2D eigenvalue weighted by Gasteiger charge is -2.22. The highest BCUT2D eigenvalue weighted by Gasteiger charge is 2.22. The highest BCUT2D eigenvalue weighted by Crippen LogP contribution is 2.37. The Bertz CT molecular complexity index is 1230. The largest absolute Gasteiger partial charge is 0.493 e. The summed E-state index contributed by atoms with van der Waals surface area (Å²) in [4.78, 5) is 4.63. The molecule has 5 rings (SSSR count). The molecule has 3 heteroatoms. The fourth-order valence-corrected chi connectivity index (χ4v) is 5.00. The van der Waals surface area contributed by atoms with Crippen molar-refractivity contribution in [2.75, 3.05) is 7.11 Å². The Morgan fingerprint density at radius 2 is 1.49 bits per heavy atom. The van der Waals surface area contributed by atoms with E-state index in [1.54, 1.807) is 7.11 Å². The Balaban J connectivity index is 1.49. The van der Waals surface area contributed by atoms with Gasteiger partial charge in [0.15, 0.2) is 11.5 Å². The molecule has 0 radical (unpaired) electrons. The van der Waals surface area contributed by atoms with E-state index in [1.807, 2.05) is 18.3 Å². The molecular formula is C32H33NO2. The molecule has 0 amide bonds. The van der Waals surface area contributed by atoms with Gasteiger partial charge in [-0.1, -0.05) is 66.2 Å². The van der Waals surface area contributed by atoms with Crippen LogP contribution in [0.25, 0.3) is 11.1 Å². The third kappa shape index (κ3) is 5.57. The smallest absolute Gasteiger partial charge is 0.161 e. The second kappa shape index (κ2) is 10.8. The molecule has 1 atom stereocenters. The van der Waals surface area contributed by atoms with Gasteiger partial charge in [0.25, 0.3) is 0 Å². The van der Waals surface area contributed by atoms with E-state index in [2.05, 4.69) is 84.7 Å². The van der Waals surface area contributed by atoms with E-state index in [9.17, 15) is 0 Å². The number of methoxy groups -OCH3 is 1. The lowest BCUT2D eigenvalue weighted by molar-refractivity contribution is 0.200. The number of aryl methyl sites for hydroxylation is 1. The lowest BCUT2D eigenvalue weighted by atomic mass is 9.86. The second-order valence-electron chi connectivity index (χ2n) is 9.50. The quantitative estimate of drug-likeness (QED) is 0.267. The topological polar surface area (TPSA) is 31.4 Å². The van der Waals surface area contributed by atoms with Crippen LogP contribution >= 0.6 is 0 Å². The molecule has 1 aliphatic carbocycles. The summed E-state index contributed by atoms with van der Waals surface area (Å²) < 4.78 is 12.1. The molecule has 0 saturated heterocycles. The second-order valence-corrected chi connectivity index (χ2v) is 9.50. The van der Waals surface area contributed by atoms with Gasteiger partial charge in [0.05, 0.1) is 13.2 Å². The van der Waals surface area contributed by atoms with Crippen molar-refractivity contribution in [3.8, 4) is 22.6 Å². The molecule has 1 aromatic heterocycles. The van der Waals surface area contributed by atoms with Gasteiger partial charge < -0.3 is 9.47 Å². The zero-order chi connectivity index (χ0) is 24.0. The average molecular weight is 464 g/mol. The fourth-order valence-electron chi connectivity index (χ4n) is 5.00. The molecule has 35 heavy (non-hydrogen) atoms. The predicted molar refractivity (Wildman–Crippen MR) is 142 cm³/mol. The number of aromatic nitrogens is 1. The van der Waals surface area contributed by atoms with E-state index in [4.69, 9.17) is 9.47 Å². The standard InChI is InChI=1S/C32H33NO2/c1-23-10-12-24(13-11-23)25-14-16-26(17-15-25)30(22-28-7-5-6-20-33-28)27-18-19-31(34-2)32(21-27)35-29-8-3-4-9-29/h5-7,10-21,29-30H,3-4,8-9,22H2,1-2H3. The average Bonchev–Trinajstić information content (AvgIpc) is 3.42. The number of hydrogen-bond acceptors (Lipinski definition) is 3. The Morgan fingerprint density at radius 1 is 0.800 bits per heavy atom. The van der Waals surface area contributed by atoms with Gasteiger partial charge in [-0.2, -0.15) is 0 Å². The minimum absolute atomic E-state index is 0.161. The van der Waals surface area contributed by atoms with Crippen LogP contribution in [-0.2, 0) is 6.42 Å². The molecule has 0 spiro atoms. The van der Waals surface area contributed by atoms with Gasteiger partial charge >= 0.3 is 0 Å². The predicted octanol–water partition coefficient (Wildman–Crippen LogP) is 7.76. The first-order valence-corrected chi connectivity index (χ1v) is 12.6. The first kappa shape index (κ1) is 23.2. The highest BCUT2D eigenvalue weighted by molar-refractivity contribution is 5.64. The van der Waals surface area contributed by atoms with Crippen molar-refractivity contribution in [1.82, 2.24) is 4.98 Å². The van der Waals surface area contributed by atoms with Crippen LogP contribution < -0.4 is 9.47 Å². The van der Waals surface area contributed by atoms with E-state index in [0.29, 0.717) is 0 Å². The van der Waals surface area contributed by atoms with Crippen LogP contribution in [0.4, 0.5) is 0 Å². The molecular weight excluding hydrogens is 430 g/mol. The number of rotatable bonds is 8. The summed E-state index contributed by atoms with van der Waals surface area (Å²) in [6, 6.07) is 30.2. The maximum atomic E-state index is 6.42. The molecule has 3 aromatic carbocycles. The molecule has 1 heterocycles. The highest BCUT2D eigenvalue weighted by atomic mass is 16.5. The van der Waals surface area contributed by atoms with Crippen molar-refractivity contribution >= 4 is 0 Å². The van der Waals surface area contributed by atoms with Crippen LogP contribution in [0.1, 0.15) is 54.0 Å². The van der Waals surface area contributed by atoms with Crippen molar-refractivity contribution in [2.24, 2.45) is 0 Å². The van der Waals surface area contributed by atoms with Gasteiger partial charge in [-0.3, -0.25) is 4.98 Å². The van der Waals surface area contributed by atoms with Gasteiger partial charge in [-0.25, -0.2) is 0 Å². The minimum Gasteiger partial charge on any atom is -0.493 e. The monoisotopic (exact) mass is 463 g/mol. The van der Waals surface area contributed by atoms with Crippen LogP contribution in [0.2, 0.25) is 0 Å². The van der Waals surface area contributed by atoms with Crippen LogP contribution in [0.3, 0.4) is 0 Å². The normalized spacial score (nSPS) is 14.6. The van der Waals surface area contributed by atoms with Gasteiger partial charge in [-0.05, 0) is 79.1 Å². The zero-order valence-electron chi connectivity index (χ0n) is 20.6. The van der Waals surface area contributed by atoms with Crippen LogP contribution in [0.5, 0.6) is 11.5 Å². The third-order valence-corrected chi connectivity index (χ3v) is 7.02. The summed E-state index contributed by atoms with van der Waals surface area (Å²) in [6.45, 7) is 2.12. The SMILES string of the molecule is COc1ccc(C(Cc2ccccn2)c2ccc(-c3ccc(C)cc3)cc2)cc1OC1CCCC1. The lowest BCUT2D eigenvalue weighted by Crippen LogP contribution is -2.13. The van der Waals surface area contributed by atoms with Crippen LogP contribution in [0, 0.1) is 6.92 Å². The van der Waals surface area contributed by atoms with Crippen molar-refractivity contribution in [3.05, 3.63) is 114 Å². The summed E-state index contributed by atoms with van der Waals surface area (Å²) in [5.74, 6) is 1.81. The summed E-state index contributed by atoms with van der Waals surface area (Å²) >= 11 is 0. The number of pyridine rings is 1. The molecule has 1 unspecified atom stereocenters. The van der Waals surface area contributed by atoms with E-state index in [1.165, 1.54) is 40.7 Å².